The minimum absolute atomic E-state index is 0.167. The van der Waals surface area contributed by atoms with E-state index in [9.17, 15) is 9.59 Å². The maximum absolute atomic E-state index is 12.1. The van der Waals surface area contributed by atoms with Crippen molar-refractivity contribution in [3.05, 3.63) is 53.6 Å². The fraction of sp³-hybridized carbons (Fsp3) is 0.364. The van der Waals surface area contributed by atoms with Crippen LogP contribution in [0.5, 0.6) is 0 Å². The molecule has 3 rings (SSSR count). The number of hydrogen-bond acceptors (Lipinski definition) is 4. The number of anilines is 3. The quantitative estimate of drug-likeness (QED) is 0.698. The number of hydrogen-bond donors (Lipinski definition) is 3. The molecule has 0 atom stereocenters. The largest absolute Gasteiger partial charge is 0.447 e. The molecule has 1 aliphatic rings. The summed E-state index contributed by atoms with van der Waals surface area (Å²) in [6.07, 6.45) is 0.687. The molecule has 0 bridgehead atoms. The van der Waals surface area contributed by atoms with Gasteiger partial charge in [-0.05, 0) is 69.9 Å². The molecule has 1 aliphatic heterocycles. The lowest BCUT2D eigenvalue weighted by atomic mass is 10.0. The Bertz CT molecular complexity index is 862. The van der Waals surface area contributed by atoms with Gasteiger partial charge in [0.15, 0.2) is 0 Å². The van der Waals surface area contributed by atoms with Crippen LogP contribution < -0.4 is 16.0 Å². The van der Waals surface area contributed by atoms with Crippen molar-refractivity contribution < 1.29 is 19.4 Å². The van der Waals surface area contributed by atoms with E-state index in [1.807, 2.05) is 30.3 Å². The number of carbonyl (C=O) groups is 2. The first-order chi connectivity index (χ1) is 13.7. The fourth-order valence-electron chi connectivity index (χ4n) is 3.00. The zero-order chi connectivity index (χ0) is 21.6. The molecule has 4 N–H and O–H groups in total. The Morgan fingerprint density at radius 1 is 1.03 bits per heavy atom. The van der Waals surface area contributed by atoms with Crippen LogP contribution in [-0.2, 0) is 17.6 Å². The third-order valence-corrected chi connectivity index (χ3v) is 4.03. The number of aliphatic hydroxyl groups excluding tert-OH is 1. The highest BCUT2D eigenvalue weighted by Crippen LogP contribution is 2.37. The lowest BCUT2D eigenvalue weighted by Crippen LogP contribution is -2.32. The molecule has 0 saturated carbocycles. The summed E-state index contributed by atoms with van der Waals surface area (Å²) in [5.74, 6) is 0. The zero-order valence-electron chi connectivity index (χ0n) is 17.3. The van der Waals surface area contributed by atoms with Gasteiger partial charge in [-0.15, -0.1) is 0 Å². The molecule has 0 spiro atoms. The maximum Gasteiger partial charge on any atom is 0.411 e. The number of nitrogens with one attached hydrogen (secondary N) is 1. The molecule has 7 nitrogen and oxygen atoms in total. The monoisotopic (exact) mass is 399 g/mol. The molecular formula is C22H29N3O4. The molecule has 0 saturated heterocycles. The van der Waals surface area contributed by atoms with E-state index in [4.69, 9.17) is 15.6 Å². The van der Waals surface area contributed by atoms with E-state index in [0.717, 1.165) is 29.7 Å². The number of ether oxygens (including phenoxy) is 1. The number of primary amides is 1. The van der Waals surface area contributed by atoms with E-state index in [-0.39, 0.29) is 12.2 Å². The average molecular weight is 399 g/mol. The first-order valence-corrected chi connectivity index (χ1v) is 9.65. The second-order valence-electron chi connectivity index (χ2n) is 7.32. The lowest BCUT2D eigenvalue weighted by Gasteiger charge is -2.23. The van der Waals surface area contributed by atoms with E-state index in [1.54, 1.807) is 39.8 Å². The molecule has 0 fully saturated rings. The van der Waals surface area contributed by atoms with Crippen LogP contribution in [-0.4, -0.2) is 29.4 Å². The predicted octanol–water partition coefficient (Wildman–Crippen LogP) is 4.35. The first kappa shape index (κ1) is 22.2. The summed E-state index contributed by atoms with van der Waals surface area (Å²) in [6.45, 7) is 7.00. The Morgan fingerprint density at radius 3 is 2.21 bits per heavy atom. The number of para-hydroxylation sites is 1. The van der Waals surface area contributed by atoms with Crippen LogP contribution in [0.15, 0.2) is 42.5 Å². The van der Waals surface area contributed by atoms with Crippen molar-refractivity contribution in [3.8, 4) is 0 Å². The van der Waals surface area contributed by atoms with Crippen molar-refractivity contribution in [1.82, 2.24) is 0 Å². The molecule has 0 aromatic heterocycles. The number of rotatable bonds is 2. The van der Waals surface area contributed by atoms with E-state index in [1.165, 1.54) is 4.90 Å². The highest BCUT2D eigenvalue weighted by atomic mass is 16.6. The van der Waals surface area contributed by atoms with Crippen LogP contribution in [0.25, 0.3) is 0 Å². The van der Waals surface area contributed by atoms with Crippen LogP contribution in [0.4, 0.5) is 26.7 Å². The van der Waals surface area contributed by atoms with Gasteiger partial charge in [0.2, 0.25) is 0 Å². The number of nitrogens with two attached hydrogens (primary N) is 1. The van der Waals surface area contributed by atoms with Gasteiger partial charge in [-0.25, -0.2) is 9.59 Å². The van der Waals surface area contributed by atoms with Crippen molar-refractivity contribution in [1.29, 1.82) is 0 Å². The Hall–Kier alpha value is -3.06. The van der Waals surface area contributed by atoms with Gasteiger partial charge in [0, 0.05) is 11.8 Å². The van der Waals surface area contributed by atoms with E-state index < -0.39 is 12.1 Å². The lowest BCUT2D eigenvalue weighted by molar-refractivity contribution is 0.130. The van der Waals surface area contributed by atoms with Gasteiger partial charge in [0.1, 0.15) is 0 Å². The summed E-state index contributed by atoms with van der Waals surface area (Å²) in [7, 11) is 0. The van der Waals surface area contributed by atoms with Gasteiger partial charge in [0.05, 0.1) is 17.5 Å². The summed E-state index contributed by atoms with van der Waals surface area (Å²) in [5, 5.41) is 10.7. The second-order valence-corrected chi connectivity index (χ2v) is 7.32. The number of aryl methyl sites for hydroxylation is 2. The Labute approximate surface area is 171 Å². The molecule has 0 aliphatic carbocycles. The standard InChI is InChI=1S/C19H21N3O3.C3H8O/c1-12(2)25-19(24)21-15-10-9-14-8-7-13-5-3-4-6-16(13)22(18(20)23)17(14)11-15;1-3(2)4/h3-6,9-12H,7-8H2,1-2H3,(H2,20,23)(H,21,24);3-4H,1-2H3. The molecule has 3 amide bonds. The average Bonchev–Trinajstić information content (AvgIpc) is 2.76. The predicted molar refractivity (Wildman–Crippen MR) is 115 cm³/mol. The SMILES string of the molecule is CC(C)O.CC(C)OC(=O)Nc1ccc2c(c1)N(C(N)=O)c1ccccc1CC2. The van der Waals surface area contributed by atoms with Crippen LogP contribution in [0.3, 0.4) is 0 Å². The minimum Gasteiger partial charge on any atom is -0.447 e. The van der Waals surface area contributed by atoms with Gasteiger partial charge >= 0.3 is 12.1 Å². The summed E-state index contributed by atoms with van der Waals surface area (Å²) in [5.41, 5.74) is 9.72. The third kappa shape index (κ3) is 6.22. The maximum atomic E-state index is 12.1. The number of fused-ring (bicyclic) bond motifs is 2. The second kappa shape index (κ2) is 9.93. The van der Waals surface area contributed by atoms with Crippen molar-refractivity contribution in [2.45, 2.75) is 52.7 Å². The number of benzene rings is 2. The molecule has 2 aromatic carbocycles. The van der Waals surface area contributed by atoms with Gasteiger partial charge in [-0.1, -0.05) is 24.3 Å². The number of carbonyl (C=O) groups excluding carboxylic acids is 2. The van der Waals surface area contributed by atoms with Crippen LogP contribution >= 0.6 is 0 Å². The smallest absolute Gasteiger partial charge is 0.411 e. The molecule has 156 valence electrons. The van der Waals surface area contributed by atoms with Gasteiger partial charge in [-0.3, -0.25) is 10.2 Å². The first-order valence-electron chi connectivity index (χ1n) is 9.65. The molecule has 0 radical (unpaired) electrons. The van der Waals surface area contributed by atoms with Gasteiger partial charge in [-0.2, -0.15) is 0 Å². The topological polar surface area (TPSA) is 105 Å². The summed E-state index contributed by atoms with van der Waals surface area (Å²) in [4.78, 5) is 25.5. The van der Waals surface area contributed by atoms with Crippen molar-refractivity contribution in [2.24, 2.45) is 5.73 Å². The van der Waals surface area contributed by atoms with Crippen molar-refractivity contribution >= 4 is 29.2 Å². The van der Waals surface area contributed by atoms with E-state index >= 15 is 0 Å². The van der Waals surface area contributed by atoms with Crippen LogP contribution in [0.2, 0.25) is 0 Å². The minimum atomic E-state index is -0.558. The van der Waals surface area contributed by atoms with Crippen molar-refractivity contribution in [3.63, 3.8) is 0 Å². The fourth-order valence-corrected chi connectivity index (χ4v) is 3.00. The van der Waals surface area contributed by atoms with E-state index in [0.29, 0.717) is 11.4 Å². The number of nitrogens with zero attached hydrogens (tertiary/aromatic N) is 1. The third-order valence-electron chi connectivity index (χ3n) is 4.03. The Kier molecular flexibility index (Phi) is 7.61. The number of aliphatic hydroxyl groups is 1. The summed E-state index contributed by atoms with van der Waals surface area (Å²) >= 11 is 0. The van der Waals surface area contributed by atoms with Gasteiger partial charge in [0.25, 0.3) is 0 Å². The normalized spacial score (nSPS) is 12.3. The molecular weight excluding hydrogens is 370 g/mol. The molecule has 7 heteroatoms. The Balaban J connectivity index is 0.000000687. The molecule has 29 heavy (non-hydrogen) atoms. The number of amides is 3. The molecule has 0 unspecified atom stereocenters. The van der Waals surface area contributed by atoms with E-state index in [2.05, 4.69) is 5.32 Å². The van der Waals surface area contributed by atoms with Crippen LogP contribution in [0.1, 0.15) is 38.8 Å². The number of urea groups is 1. The highest BCUT2D eigenvalue weighted by Gasteiger charge is 2.24. The summed E-state index contributed by atoms with van der Waals surface area (Å²) in [6, 6.07) is 12.6. The highest BCUT2D eigenvalue weighted by molar-refractivity contribution is 6.01. The molecule has 1 heterocycles. The Morgan fingerprint density at radius 2 is 1.62 bits per heavy atom. The van der Waals surface area contributed by atoms with Crippen LogP contribution in [0, 0.1) is 0 Å². The van der Waals surface area contributed by atoms with Crippen molar-refractivity contribution in [2.75, 3.05) is 10.2 Å². The van der Waals surface area contributed by atoms with Gasteiger partial charge < -0.3 is 15.6 Å². The summed E-state index contributed by atoms with van der Waals surface area (Å²) < 4.78 is 5.10. The zero-order valence-corrected chi connectivity index (χ0v) is 17.3. The molecule has 2 aromatic rings.